The van der Waals surface area contributed by atoms with Crippen molar-refractivity contribution in [2.75, 3.05) is 0 Å². The number of aryl methyl sites for hydroxylation is 4. The third-order valence-electron chi connectivity index (χ3n) is 11.3. The first-order valence-electron chi connectivity index (χ1n) is 24.8. The van der Waals surface area contributed by atoms with Crippen LogP contribution in [0.25, 0.3) is 16.9 Å². The topological polar surface area (TPSA) is 25.3 Å². The van der Waals surface area contributed by atoms with E-state index in [2.05, 4.69) is 118 Å². The van der Waals surface area contributed by atoms with Gasteiger partial charge in [0, 0.05) is 16.7 Å². The summed E-state index contributed by atoms with van der Waals surface area (Å²) in [4.78, 5) is 0. The Morgan fingerprint density at radius 2 is 0.797 bits per heavy atom. The van der Waals surface area contributed by atoms with E-state index in [1.807, 2.05) is 0 Å². The molecule has 0 aliphatic carbocycles. The summed E-state index contributed by atoms with van der Waals surface area (Å²) in [5.74, 6) is 0. The van der Waals surface area contributed by atoms with E-state index in [1.165, 1.54) is 173 Å². The van der Waals surface area contributed by atoms with E-state index in [4.69, 9.17) is 0 Å². The van der Waals surface area contributed by atoms with Crippen LogP contribution in [0.15, 0.2) is 59.7 Å². The maximum Gasteiger partial charge on any atom is 2.00 e. The molecule has 1 aliphatic rings. The number of hydrogen-bond donors (Lipinski definition) is 0. The van der Waals surface area contributed by atoms with E-state index < -0.39 is 0 Å². The molecule has 0 spiro atoms. The van der Waals surface area contributed by atoms with Crippen molar-refractivity contribution in [3.05, 3.63) is 112 Å². The van der Waals surface area contributed by atoms with Gasteiger partial charge in [-0.25, -0.2) is 4.70 Å². The van der Waals surface area contributed by atoms with Crippen LogP contribution >= 0.6 is 0 Å². The standard InChI is InChI=1S/C48H74N2.2C4H9.Ni/c1-7-13-18-19-20-21-22-23-24-25-26-27-32-46-45(12-6)47(43-35-39(28-14-8-2)33-40(36-43)29-15-9-3)50(49)48(46)44-37-41(30-16-10-4)34-42(38-44)31-17-11-5;2*1-3-4-2;/h27,32-38H,7-26,28-31H2,1-6H3;2*1,3-4H2,2H3;/q;2*-1;+2. The minimum absolute atomic E-state index is 0. The summed E-state index contributed by atoms with van der Waals surface area (Å²) in [5.41, 5.74) is 24.8. The van der Waals surface area contributed by atoms with Crippen LogP contribution in [-0.4, -0.2) is 4.70 Å². The molecule has 0 saturated heterocycles. The van der Waals surface area contributed by atoms with Crippen molar-refractivity contribution in [3.63, 3.8) is 0 Å². The summed E-state index contributed by atoms with van der Waals surface area (Å²) in [6.07, 6.45) is 38.8. The molecule has 0 N–H and O–H groups in total. The zero-order valence-electron chi connectivity index (χ0n) is 40.0. The van der Waals surface area contributed by atoms with E-state index >= 15 is 0 Å². The Labute approximate surface area is 378 Å². The summed E-state index contributed by atoms with van der Waals surface area (Å²) < 4.78 is 1.59. The molecule has 0 saturated carbocycles. The van der Waals surface area contributed by atoms with Gasteiger partial charge in [0.2, 0.25) is 11.4 Å². The Morgan fingerprint density at radius 3 is 1.14 bits per heavy atom. The molecule has 0 unspecified atom stereocenters. The third kappa shape index (κ3) is 23.0. The van der Waals surface area contributed by atoms with Crippen molar-refractivity contribution in [2.45, 2.75) is 235 Å². The van der Waals surface area contributed by atoms with Gasteiger partial charge in [-0.05, 0) is 117 Å². The maximum atomic E-state index is 12.4. The van der Waals surface area contributed by atoms with Crippen molar-refractivity contribution < 1.29 is 21.2 Å². The minimum atomic E-state index is 0. The van der Waals surface area contributed by atoms with Crippen LogP contribution < -0.4 is 0 Å². The van der Waals surface area contributed by atoms with Gasteiger partial charge in [0.05, 0.1) is 5.57 Å². The van der Waals surface area contributed by atoms with Gasteiger partial charge in [-0.1, -0.05) is 176 Å². The van der Waals surface area contributed by atoms with Gasteiger partial charge in [-0.3, -0.25) is 0 Å². The molecule has 3 rings (SSSR count). The Kier molecular flexibility index (Phi) is 36.1. The smallest absolute Gasteiger partial charge is 0.493 e. The molecule has 2 aromatic rings. The Balaban J connectivity index is 0.00000341. The molecule has 1 aliphatic heterocycles. The first-order valence-corrected chi connectivity index (χ1v) is 24.8. The van der Waals surface area contributed by atoms with Gasteiger partial charge in [0.25, 0.3) is 0 Å². The second-order valence-corrected chi connectivity index (χ2v) is 16.8. The fraction of sp³-hybridized carbons (Fsp3) is 0.643. The normalized spacial score (nSPS) is 12.5. The Morgan fingerprint density at radius 1 is 0.458 bits per heavy atom. The zero-order valence-corrected chi connectivity index (χ0v) is 41.0. The number of benzene rings is 2. The van der Waals surface area contributed by atoms with Crippen molar-refractivity contribution in [2.24, 2.45) is 0 Å². The average molecular weight is 852 g/mol. The third-order valence-corrected chi connectivity index (χ3v) is 11.3. The predicted molar refractivity (Wildman–Crippen MR) is 261 cm³/mol. The van der Waals surface area contributed by atoms with Crippen LogP contribution in [0.4, 0.5) is 0 Å². The van der Waals surface area contributed by atoms with E-state index in [-0.39, 0.29) is 16.5 Å². The van der Waals surface area contributed by atoms with Gasteiger partial charge < -0.3 is 19.4 Å². The summed E-state index contributed by atoms with van der Waals surface area (Å²) >= 11 is 0. The predicted octanol–water partition coefficient (Wildman–Crippen LogP) is 18.7. The number of allylic oxidation sites excluding steroid dienone is 4. The average Bonchev–Trinajstić information content (AvgIpc) is 3.54. The molecule has 0 bridgehead atoms. The molecule has 0 atom stereocenters. The quantitative estimate of drug-likeness (QED) is 0.0337. The number of nitrogens with zero attached hydrogens (tertiary/aromatic N) is 2. The van der Waals surface area contributed by atoms with Crippen molar-refractivity contribution in [1.82, 2.24) is 0 Å². The maximum absolute atomic E-state index is 12.4. The van der Waals surface area contributed by atoms with Crippen LogP contribution in [0.3, 0.4) is 0 Å². The first kappa shape index (κ1) is 56.8. The van der Waals surface area contributed by atoms with E-state index in [0.29, 0.717) is 0 Å². The molecular weight excluding hydrogens is 759 g/mol. The van der Waals surface area contributed by atoms with Crippen LogP contribution in [0.2, 0.25) is 0 Å². The molecule has 59 heavy (non-hydrogen) atoms. The SMILES string of the molecule is CCCCCCCCCCCCC=CC1=C(c2cc(CCCC)cc(CCCC)c2)[N+](=[N-])C(c2cc(CCCC)cc(CCCC)c2)=C1CC.[CH2-]CCC.[CH2-]CCC.[Ni+2]. The van der Waals surface area contributed by atoms with Crippen LogP contribution in [-0.2, 0) is 42.2 Å². The Hall–Kier alpha value is -2.25. The summed E-state index contributed by atoms with van der Waals surface area (Å²) in [7, 11) is 0. The second kappa shape index (κ2) is 37.5. The van der Waals surface area contributed by atoms with Crippen molar-refractivity contribution in [3.8, 4) is 0 Å². The van der Waals surface area contributed by atoms with Gasteiger partial charge in [-0.15, -0.1) is 0 Å². The molecule has 3 heteroatoms. The summed E-state index contributed by atoms with van der Waals surface area (Å²) in [6.45, 7) is 25.1. The van der Waals surface area contributed by atoms with E-state index in [1.54, 1.807) is 4.70 Å². The van der Waals surface area contributed by atoms with E-state index in [9.17, 15) is 5.53 Å². The Bertz CT molecular complexity index is 1400. The number of hydrogen-bond acceptors (Lipinski definition) is 0. The van der Waals surface area contributed by atoms with Crippen molar-refractivity contribution in [1.29, 1.82) is 0 Å². The molecule has 2 nitrogen and oxygen atoms in total. The number of rotatable bonds is 29. The molecule has 336 valence electrons. The molecule has 0 radical (unpaired) electrons. The fourth-order valence-electron chi connectivity index (χ4n) is 7.59. The summed E-state index contributed by atoms with van der Waals surface area (Å²) in [5, 5.41) is 0. The monoisotopic (exact) mass is 851 g/mol. The van der Waals surface area contributed by atoms with Gasteiger partial charge >= 0.3 is 16.5 Å². The fourth-order valence-corrected chi connectivity index (χ4v) is 7.59. The van der Waals surface area contributed by atoms with Crippen LogP contribution in [0, 0.1) is 13.8 Å². The zero-order chi connectivity index (χ0) is 42.8. The molecule has 1 heterocycles. The molecule has 0 aromatic heterocycles. The molecule has 0 fully saturated rings. The largest absolute Gasteiger partial charge is 2.00 e. The van der Waals surface area contributed by atoms with Crippen LogP contribution in [0.5, 0.6) is 0 Å². The summed E-state index contributed by atoms with van der Waals surface area (Å²) in [6, 6.07) is 14.4. The van der Waals surface area contributed by atoms with Gasteiger partial charge in [0.15, 0.2) is 0 Å². The van der Waals surface area contributed by atoms with Crippen molar-refractivity contribution >= 4 is 11.4 Å². The van der Waals surface area contributed by atoms with E-state index in [0.717, 1.165) is 62.8 Å². The van der Waals surface area contributed by atoms with Gasteiger partial charge in [-0.2, -0.15) is 12.8 Å². The molecule has 0 amide bonds. The first-order chi connectivity index (χ1) is 28.3. The minimum Gasteiger partial charge on any atom is -0.493 e. The van der Waals surface area contributed by atoms with Gasteiger partial charge in [0.1, 0.15) is 0 Å². The molecular formula is C56H92N2Ni. The second-order valence-electron chi connectivity index (χ2n) is 16.8. The van der Waals surface area contributed by atoms with Crippen LogP contribution in [0.1, 0.15) is 243 Å². The number of unbranched alkanes of at least 4 members (excludes halogenated alkanes) is 16. The molecule has 2 aromatic carbocycles.